The highest BCUT2D eigenvalue weighted by molar-refractivity contribution is 6.32. The van der Waals surface area contributed by atoms with Crippen LogP contribution in [0.3, 0.4) is 0 Å². The summed E-state index contributed by atoms with van der Waals surface area (Å²) >= 11 is 5.98. The number of halogens is 1. The first-order valence-corrected chi connectivity index (χ1v) is 8.09. The number of para-hydroxylation sites is 1. The summed E-state index contributed by atoms with van der Waals surface area (Å²) in [5, 5.41) is 5.44. The molecule has 6 nitrogen and oxygen atoms in total. The molecule has 0 fully saturated rings. The molecule has 2 aromatic rings. The Hall–Kier alpha value is -2.86. The predicted molar refractivity (Wildman–Crippen MR) is 93.0 cm³/mol. The van der Waals surface area contributed by atoms with Crippen molar-refractivity contribution >= 4 is 35.0 Å². The van der Waals surface area contributed by atoms with Crippen molar-refractivity contribution in [3.8, 4) is 5.75 Å². The van der Waals surface area contributed by atoms with Gasteiger partial charge in [0.1, 0.15) is 5.75 Å². The number of carbonyl (C=O) groups is 3. The first-order chi connectivity index (χ1) is 12.0. The van der Waals surface area contributed by atoms with Gasteiger partial charge in [0.05, 0.1) is 22.8 Å². The Kier molecular flexibility index (Phi) is 5.00. The summed E-state index contributed by atoms with van der Waals surface area (Å²) in [6.07, 6.45) is 0.771. The normalized spacial score (nSPS) is 12.5. The maximum atomic E-state index is 12.0. The average molecular weight is 359 g/mol. The number of amides is 3. The summed E-state index contributed by atoms with van der Waals surface area (Å²) in [4.78, 5) is 35.1. The molecule has 0 saturated heterocycles. The zero-order valence-corrected chi connectivity index (χ0v) is 13.9. The lowest BCUT2D eigenvalue weighted by Crippen LogP contribution is -2.19. The molecule has 0 aromatic heterocycles. The minimum absolute atomic E-state index is 0.201. The molecule has 0 bridgehead atoms. The van der Waals surface area contributed by atoms with Crippen LogP contribution in [0.25, 0.3) is 0 Å². The topological polar surface area (TPSA) is 84.5 Å². The van der Waals surface area contributed by atoms with Gasteiger partial charge in [-0.2, -0.15) is 0 Å². The van der Waals surface area contributed by atoms with E-state index in [4.69, 9.17) is 16.3 Å². The molecule has 2 N–H and O–H groups in total. The van der Waals surface area contributed by atoms with Crippen molar-refractivity contribution in [1.82, 2.24) is 5.32 Å². The Labute approximate surface area is 149 Å². The van der Waals surface area contributed by atoms with E-state index in [1.807, 2.05) is 12.1 Å². The smallest absolute Gasteiger partial charge is 0.259 e. The van der Waals surface area contributed by atoms with Crippen LogP contribution in [-0.4, -0.2) is 24.3 Å². The summed E-state index contributed by atoms with van der Waals surface area (Å²) in [6, 6.07) is 11.7. The molecule has 3 rings (SSSR count). The summed E-state index contributed by atoms with van der Waals surface area (Å²) in [6.45, 7) is 0.359. The SMILES string of the molecule is O=C(CCCOc1ccccc1Cl)Nc1ccc2c(c1)C(=O)NC2=O. The number of nitrogens with one attached hydrogen (secondary N) is 2. The third-order valence-electron chi connectivity index (χ3n) is 3.66. The second-order valence-electron chi connectivity index (χ2n) is 5.47. The van der Waals surface area contributed by atoms with Crippen LogP contribution in [0, 0.1) is 0 Å². The minimum atomic E-state index is -0.454. The molecule has 128 valence electrons. The third kappa shape index (κ3) is 3.97. The molecular weight excluding hydrogens is 344 g/mol. The van der Waals surface area contributed by atoms with E-state index in [-0.39, 0.29) is 17.9 Å². The zero-order chi connectivity index (χ0) is 17.8. The molecule has 1 heterocycles. The molecule has 3 amide bonds. The second-order valence-corrected chi connectivity index (χ2v) is 5.88. The highest BCUT2D eigenvalue weighted by Crippen LogP contribution is 2.23. The van der Waals surface area contributed by atoms with Gasteiger partial charge in [-0.05, 0) is 36.8 Å². The number of fused-ring (bicyclic) bond motifs is 1. The average Bonchev–Trinajstić information content (AvgIpc) is 2.87. The van der Waals surface area contributed by atoms with Gasteiger partial charge in [-0.25, -0.2) is 0 Å². The van der Waals surface area contributed by atoms with Crippen molar-refractivity contribution in [2.75, 3.05) is 11.9 Å². The van der Waals surface area contributed by atoms with Gasteiger partial charge in [0, 0.05) is 12.1 Å². The first kappa shape index (κ1) is 17.0. The van der Waals surface area contributed by atoms with Gasteiger partial charge >= 0.3 is 0 Å². The predicted octanol–water partition coefficient (Wildman–Crippen LogP) is 3.02. The molecule has 25 heavy (non-hydrogen) atoms. The zero-order valence-electron chi connectivity index (χ0n) is 13.2. The van der Waals surface area contributed by atoms with Crippen LogP contribution in [0.2, 0.25) is 5.02 Å². The van der Waals surface area contributed by atoms with E-state index in [0.29, 0.717) is 35.1 Å². The highest BCUT2D eigenvalue weighted by atomic mass is 35.5. The van der Waals surface area contributed by atoms with E-state index < -0.39 is 11.8 Å². The number of ether oxygens (including phenoxy) is 1. The monoisotopic (exact) mass is 358 g/mol. The lowest BCUT2D eigenvalue weighted by molar-refractivity contribution is -0.116. The number of hydrogen-bond donors (Lipinski definition) is 2. The molecule has 1 aliphatic heterocycles. The fourth-order valence-corrected chi connectivity index (χ4v) is 2.64. The molecule has 0 aliphatic carbocycles. The van der Waals surface area contributed by atoms with E-state index in [1.54, 1.807) is 18.2 Å². The summed E-state index contributed by atoms with van der Waals surface area (Å²) in [5.74, 6) is -0.495. The Morgan fingerprint density at radius 3 is 2.64 bits per heavy atom. The molecule has 0 spiro atoms. The van der Waals surface area contributed by atoms with Crippen molar-refractivity contribution in [3.63, 3.8) is 0 Å². The number of benzene rings is 2. The first-order valence-electron chi connectivity index (χ1n) is 7.71. The fourth-order valence-electron chi connectivity index (χ4n) is 2.45. The third-order valence-corrected chi connectivity index (χ3v) is 3.97. The quantitative estimate of drug-likeness (QED) is 0.614. The maximum Gasteiger partial charge on any atom is 0.259 e. The summed E-state index contributed by atoms with van der Waals surface area (Å²) < 4.78 is 5.52. The van der Waals surface area contributed by atoms with Crippen LogP contribution < -0.4 is 15.4 Å². The minimum Gasteiger partial charge on any atom is -0.492 e. The Morgan fingerprint density at radius 1 is 1.08 bits per heavy atom. The standard InChI is InChI=1S/C18H15ClN2O4/c19-14-4-1-2-5-15(14)25-9-3-6-16(22)20-11-7-8-12-13(10-11)18(24)21-17(12)23/h1-2,4-5,7-8,10H,3,6,9H2,(H,20,22)(H,21,23,24). The molecule has 0 unspecified atom stereocenters. The molecule has 1 aliphatic rings. The number of hydrogen-bond acceptors (Lipinski definition) is 4. The highest BCUT2D eigenvalue weighted by Gasteiger charge is 2.26. The van der Waals surface area contributed by atoms with E-state index in [2.05, 4.69) is 10.6 Å². The van der Waals surface area contributed by atoms with Crippen molar-refractivity contribution < 1.29 is 19.1 Å². The molecule has 2 aromatic carbocycles. The van der Waals surface area contributed by atoms with Crippen LogP contribution in [0.15, 0.2) is 42.5 Å². The molecule has 7 heteroatoms. The van der Waals surface area contributed by atoms with Crippen LogP contribution >= 0.6 is 11.6 Å². The number of imide groups is 1. The van der Waals surface area contributed by atoms with Crippen molar-refractivity contribution in [2.24, 2.45) is 0 Å². The van der Waals surface area contributed by atoms with Gasteiger partial charge in [-0.15, -0.1) is 0 Å². The van der Waals surface area contributed by atoms with Crippen LogP contribution in [-0.2, 0) is 4.79 Å². The second kappa shape index (κ2) is 7.36. The molecule has 0 atom stereocenters. The van der Waals surface area contributed by atoms with Crippen molar-refractivity contribution in [3.05, 3.63) is 58.6 Å². The van der Waals surface area contributed by atoms with Gasteiger partial charge in [0.2, 0.25) is 5.91 Å². The largest absolute Gasteiger partial charge is 0.492 e. The summed E-state index contributed by atoms with van der Waals surface area (Å²) in [7, 11) is 0. The van der Waals surface area contributed by atoms with Gasteiger partial charge in [0.25, 0.3) is 11.8 Å². The lowest BCUT2D eigenvalue weighted by atomic mass is 10.1. The number of rotatable bonds is 6. The number of anilines is 1. The van der Waals surface area contributed by atoms with Gasteiger partial charge < -0.3 is 10.1 Å². The molecule has 0 saturated carbocycles. The Balaban J connectivity index is 1.49. The summed E-state index contributed by atoms with van der Waals surface area (Å²) in [5.41, 5.74) is 1.06. The van der Waals surface area contributed by atoms with Crippen molar-refractivity contribution in [1.29, 1.82) is 0 Å². The van der Waals surface area contributed by atoms with Gasteiger partial charge in [-0.1, -0.05) is 23.7 Å². The maximum absolute atomic E-state index is 12.0. The Bertz CT molecular complexity index is 851. The van der Waals surface area contributed by atoms with E-state index >= 15 is 0 Å². The van der Waals surface area contributed by atoms with Crippen LogP contribution in [0.4, 0.5) is 5.69 Å². The number of carbonyl (C=O) groups excluding carboxylic acids is 3. The van der Waals surface area contributed by atoms with Gasteiger partial charge in [-0.3, -0.25) is 19.7 Å². The van der Waals surface area contributed by atoms with Crippen molar-refractivity contribution in [2.45, 2.75) is 12.8 Å². The lowest BCUT2D eigenvalue weighted by Gasteiger charge is -2.08. The fraction of sp³-hybridized carbons (Fsp3) is 0.167. The van der Waals surface area contributed by atoms with Crippen LogP contribution in [0.5, 0.6) is 5.75 Å². The van der Waals surface area contributed by atoms with Crippen LogP contribution in [0.1, 0.15) is 33.6 Å². The molecular formula is C18H15ClN2O4. The van der Waals surface area contributed by atoms with Gasteiger partial charge in [0.15, 0.2) is 0 Å². The Morgan fingerprint density at radius 2 is 1.84 bits per heavy atom. The van der Waals surface area contributed by atoms with E-state index in [9.17, 15) is 14.4 Å². The van der Waals surface area contributed by atoms with E-state index in [1.165, 1.54) is 12.1 Å². The van der Waals surface area contributed by atoms with E-state index in [0.717, 1.165) is 0 Å². The molecule has 0 radical (unpaired) electrons.